The molecule has 3 aromatic heterocycles. The highest BCUT2D eigenvalue weighted by atomic mass is 32.1. The minimum Gasteiger partial charge on any atom is -0.495 e. The number of carbonyl (C=O) groups is 2. The summed E-state index contributed by atoms with van der Waals surface area (Å²) in [5, 5.41) is 12.5. The maximum Gasteiger partial charge on any atom is 0.252 e. The van der Waals surface area contributed by atoms with Crippen molar-refractivity contribution in [2.24, 2.45) is 0 Å². The van der Waals surface area contributed by atoms with Gasteiger partial charge < -0.3 is 15.4 Å². The van der Waals surface area contributed by atoms with Gasteiger partial charge in [-0.05, 0) is 56.0 Å². The average Bonchev–Trinajstić information content (AvgIpc) is 3.47. The van der Waals surface area contributed by atoms with Gasteiger partial charge in [-0.15, -0.1) is 11.3 Å². The standard InChI is InChI=1S/C24H25N5O3S/c1-14(2)29-23-17(12-26-29)16(11-19(28-23)21-6-5-9-33-21)24(31)25-13-22(30)27-18-10-15(3)7-8-20(18)32-4/h5-12,14H,13H2,1-4H3,(H,25,31)(H,27,30). The number of hydrogen-bond donors (Lipinski definition) is 2. The van der Waals surface area contributed by atoms with Gasteiger partial charge in [-0.25, -0.2) is 9.67 Å². The van der Waals surface area contributed by atoms with Crippen molar-refractivity contribution in [3.05, 3.63) is 59.1 Å². The van der Waals surface area contributed by atoms with E-state index in [0.717, 1.165) is 10.4 Å². The second-order valence-electron chi connectivity index (χ2n) is 7.89. The molecule has 4 rings (SSSR count). The van der Waals surface area contributed by atoms with Crippen molar-refractivity contribution < 1.29 is 14.3 Å². The topological polar surface area (TPSA) is 98.1 Å². The maximum absolute atomic E-state index is 13.1. The van der Waals surface area contributed by atoms with Gasteiger partial charge in [0.15, 0.2) is 5.65 Å². The number of pyridine rings is 1. The molecule has 0 aliphatic heterocycles. The van der Waals surface area contributed by atoms with Gasteiger partial charge in [0.1, 0.15) is 5.75 Å². The minimum atomic E-state index is -0.366. The van der Waals surface area contributed by atoms with Gasteiger partial charge in [0, 0.05) is 6.04 Å². The number of hydrogen-bond acceptors (Lipinski definition) is 6. The smallest absolute Gasteiger partial charge is 0.252 e. The Balaban J connectivity index is 1.58. The van der Waals surface area contributed by atoms with E-state index >= 15 is 0 Å². The summed E-state index contributed by atoms with van der Waals surface area (Å²) < 4.78 is 7.09. The summed E-state index contributed by atoms with van der Waals surface area (Å²) in [7, 11) is 1.54. The second kappa shape index (κ2) is 9.41. The van der Waals surface area contributed by atoms with E-state index in [9.17, 15) is 9.59 Å². The molecule has 3 heterocycles. The molecule has 0 bridgehead atoms. The van der Waals surface area contributed by atoms with Crippen molar-refractivity contribution in [2.45, 2.75) is 26.8 Å². The number of anilines is 1. The zero-order valence-electron chi connectivity index (χ0n) is 18.9. The molecule has 0 aliphatic rings. The van der Waals surface area contributed by atoms with Crippen LogP contribution in [0.25, 0.3) is 21.6 Å². The van der Waals surface area contributed by atoms with E-state index in [0.29, 0.717) is 33.7 Å². The average molecular weight is 464 g/mol. The number of ether oxygens (including phenoxy) is 1. The molecular formula is C24H25N5O3S. The number of fused-ring (bicyclic) bond motifs is 1. The van der Waals surface area contributed by atoms with Gasteiger partial charge in [-0.1, -0.05) is 12.1 Å². The van der Waals surface area contributed by atoms with E-state index in [2.05, 4.69) is 15.7 Å². The molecule has 0 atom stereocenters. The molecule has 9 heteroatoms. The first kappa shape index (κ1) is 22.5. The van der Waals surface area contributed by atoms with Crippen LogP contribution in [0, 0.1) is 6.92 Å². The van der Waals surface area contributed by atoms with Crippen LogP contribution in [0.1, 0.15) is 35.8 Å². The fraction of sp³-hybridized carbons (Fsp3) is 0.250. The Labute approximate surface area is 195 Å². The summed E-state index contributed by atoms with van der Waals surface area (Å²) in [6.07, 6.45) is 1.65. The molecule has 0 saturated carbocycles. The van der Waals surface area contributed by atoms with Crippen molar-refractivity contribution in [2.75, 3.05) is 19.0 Å². The third kappa shape index (κ3) is 4.73. The molecule has 0 unspecified atom stereocenters. The summed E-state index contributed by atoms with van der Waals surface area (Å²) in [5.74, 6) is -0.165. The van der Waals surface area contributed by atoms with Gasteiger partial charge in [0.2, 0.25) is 5.91 Å². The first-order valence-electron chi connectivity index (χ1n) is 10.5. The lowest BCUT2D eigenvalue weighted by Crippen LogP contribution is -2.33. The Bertz CT molecular complexity index is 1310. The number of amides is 2. The molecule has 4 aromatic rings. The van der Waals surface area contributed by atoms with Crippen molar-refractivity contribution in [1.82, 2.24) is 20.1 Å². The second-order valence-corrected chi connectivity index (χ2v) is 8.83. The minimum absolute atomic E-state index is 0.0829. The van der Waals surface area contributed by atoms with Gasteiger partial charge in [-0.2, -0.15) is 5.10 Å². The van der Waals surface area contributed by atoms with Crippen LogP contribution in [0.5, 0.6) is 5.75 Å². The van der Waals surface area contributed by atoms with E-state index in [1.807, 2.05) is 50.4 Å². The summed E-state index contributed by atoms with van der Waals surface area (Å²) in [6.45, 7) is 5.76. The number of aryl methyl sites for hydroxylation is 1. The lowest BCUT2D eigenvalue weighted by Gasteiger charge is -2.12. The summed E-state index contributed by atoms with van der Waals surface area (Å²) in [6, 6.07) is 11.2. The summed E-state index contributed by atoms with van der Waals surface area (Å²) in [4.78, 5) is 31.4. The number of benzene rings is 1. The molecule has 0 fully saturated rings. The fourth-order valence-corrected chi connectivity index (χ4v) is 4.19. The first-order valence-corrected chi connectivity index (χ1v) is 11.4. The van der Waals surface area contributed by atoms with Gasteiger partial charge >= 0.3 is 0 Å². The Morgan fingerprint density at radius 2 is 2.03 bits per heavy atom. The van der Waals surface area contributed by atoms with Crippen molar-refractivity contribution in [3.8, 4) is 16.3 Å². The maximum atomic E-state index is 13.1. The Morgan fingerprint density at radius 3 is 2.73 bits per heavy atom. The molecule has 2 N–H and O–H groups in total. The zero-order chi connectivity index (χ0) is 23.5. The van der Waals surface area contributed by atoms with Crippen LogP contribution in [-0.4, -0.2) is 40.2 Å². The zero-order valence-corrected chi connectivity index (χ0v) is 19.7. The van der Waals surface area contributed by atoms with Crippen molar-refractivity contribution >= 4 is 39.9 Å². The highest BCUT2D eigenvalue weighted by Crippen LogP contribution is 2.29. The molecule has 2 amide bonds. The molecule has 1 aromatic carbocycles. The number of thiophene rings is 1. The van der Waals surface area contributed by atoms with Crippen molar-refractivity contribution in [3.63, 3.8) is 0 Å². The SMILES string of the molecule is COc1ccc(C)cc1NC(=O)CNC(=O)c1cc(-c2cccs2)nc2c1cnn2C(C)C. The van der Waals surface area contributed by atoms with E-state index in [4.69, 9.17) is 9.72 Å². The lowest BCUT2D eigenvalue weighted by atomic mass is 10.1. The molecule has 0 aliphatic carbocycles. The van der Waals surface area contributed by atoms with E-state index in [1.54, 1.807) is 41.5 Å². The van der Waals surface area contributed by atoms with Crippen LogP contribution in [0.2, 0.25) is 0 Å². The quantitative estimate of drug-likeness (QED) is 0.423. The first-order chi connectivity index (χ1) is 15.9. The summed E-state index contributed by atoms with van der Waals surface area (Å²) >= 11 is 1.55. The Kier molecular flexibility index (Phi) is 6.41. The van der Waals surface area contributed by atoms with Crippen LogP contribution >= 0.6 is 11.3 Å². The van der Waals surface area contributed by atoms with E-state index in [1.165, 1.54) is 0 Å². The Morgan fingerprint density at radius 1 is 1.21 bits per heavy atom. The van der Waals surface area contributed by atoms with Crippen LogP contribution in [-0.2, 0) is 4.79 Å². The summed E-state index contributed by atoms with van der Waals surface area (Å²) in [5.41, 5.74) is 3.30. The van der Waals surface area contributed by atoms with E-state index < -0.39 is 0 Å². The van der Waals surface area contributed by atoms with Crippen molar-refractivity contribution in [1.29, 1.82) is 0 Å². The van der Waals surface area contributed by atoms with Gasteiger partial charge in [0.25, 0.3) is 5.91 Å². The molecule has 33 heavy (non-hydrogen) atoms. The molecular weight excluding hydrogens is 438 g/mol. The third-order valence-corrected chi connectivity index (χ3v) is 6.01. The third-order valence-electron chi connectivity index (χ3n) is 5.11. The highest BCUT2D eigenvalue weighted by Gasteiger charge is 2.19. The van der Waals surface area contributed by atoms with E-state index in [-0.39, 0.29) is 24.4 Å². The van der Waals surface area contributed by atoms with Crippen LogP contribution in [0.15, 0.2) is 48.0 Å². The van der Waals surface area contributed by atoms with Crippen LogP contribution in [0.3, 0.4) is 0 Å². The predicted octanol–water partition coefficient (Wildman–Crippen LogP) is 4.43. The molecule has 170 valence electrons. The number of rotatable bonds is 7. The monoisotopic (exact) mass is 463 g/mol. The molecule has 0 saturated heterocycles. The molecule has 8 nitrogen and oxygen atoms in total. The largest absolute Gasteiger partial charge is 0.495 e. The predicted molar refractivity (Wildman–Crippen MR) is 130 cm³/mol. The number of carbonyl (C=O) groups excluding carboxylic acids is 2. The number of nitrogens with one attached hydrogen (secondary N) is 2. The van der Waals surface area contributed by atoms with Gasteiger partial charge in [-0.3, -0.25) is 9.59 Å². The van der Waals surface area contributed by atoms with Crippen LogP contribution < -0.4 is 15.4 Å². The molecule has 0 radical (unpaired) electrons. The number of nitrogens with zero attached hydrogens (tertiary/aromatic N) is 3. The molecule has 0 spiro atoms. The normalized spacial score (nSPS) is 11.1. The number of aromatic nitrogens is 3. The lowest BCUT2D eigenvalue weighted by molar-refractivity contribution is -0.115. The fourth-order valence-electron chi connectivity index (χ4n) is 3.50. The van der Waals surface area contributed by atoms with Crippen LogP contribution in [0.4, 0.5) is 5.69 Å². The Hall–Kier alpha value is -3.72. The highest BCUT2D eigenvalue weighted by molar-refractivity contribution is 7.13. The van der Waals surface area contributed by atoms with Gasteiger partial charge in [0.05, 0.1) is 47.1 Å². The number of methoxy groups -OCH3 is 1.